The molecule has 6 heteroatoms. The lowest BCUT2D eigenvalue weighted by atomic mass is 10.1. The van der Waals surface area contributed by atoms with E-state index < -0.39 is 12.7 Å². The maximum atomic E-state index is 12.0. The Morgan fingerprint density at radius 3 is 2.63 bits per heavy atom. The topological polar surface area (TPSA) is 15.3 Å². The van der Waals surface area contributed by atoms with E-state index in [2.05, 4.69) is 5.32 Å². The number of alkyl halides is 3. The molecule has 0 aliphatic rings. The molecule has 0 amide bonds. The highest BCUT2D eigenvalue weighted by atomic mass is 35.5. The summed E-state index contributed by atoms with van der Waals surface area (Å²) in [5.74, 6) is 0. The Morgan fingerprint density at radius 1 is 1.37 bits per heavy atom. The van der Waals surface area contributed by atoms with Crippen molar-refractivity contribution in [2.24, 2.45) is 0 Å². The molecular weight excluding hydrogens is 277 g/mol. The van der Waals surface area contributed by atoms with Crippen LogP contribution in [0.5, 0.6) is 0 Å². The van der Waals surface area contributed by atoms with Crippen LogP contribution in [0.3, 0.4) is 0 Å². The highest BCUT2D eigenvalue weighted by molar-refractivity contribution is 6.30. The van der Waals surface area contributed by atoms with E-state index in [-0.39, 0.29) is 6.04 Å². The highest BCUT2D eigenvalue weighted by Crippen LogP contribution is 2.21. The van der Waals surface area contributed by atoms with E-state index in [1.165, 1.54) is 0 Å². The van der Waals surface area contributed by atoms with Crippen molar-refractivity contribution in [1.29, 1.82) is 0 Å². The average Bonchev–Trinajstić information content (AvgIpc) is 2.32. The Morgan fingerprint density at radius 2 is 2.05 bits per heavy atom. The Balaban J connectivity index is 2.39. The monoisotopic (exact) mass is 294 g/mol. The van der Waals surface area contributed by atoms with Crippen molar-refractivity contribution in [2.45, 2.75) is 19.1 Å². The molecule has 0 fully saturated rings. The number of benzene rings is 1. The molecule has 1 atom stereocenters. The predicted molar refractivity (Wildman–Crippen MR) is 71.4 cm³/mol. The average molecular weight is 295 g/mol. The molecule has 0 saturated carbocycles. The normalized spacial score (nSPS) is 13.8. The van der Waals surface area contributed by atoms with Gasteiger partial charge in [-0.1, -0.05) is 23.7 Å². The number of nitrogens with zero attached hydrogens (tertiary/aromatic N) is 1. The van der Waals surface area contributed by atoms with Crippen LogP contribution < -0.4 is 5.32 Å². The van der Waals surface area contributed by atoms with Gasteiger partial charge in [0.05, 0.1) is 6.54 Å². The first-order valence-electron chi connectivity index (χ1n) is 6.03. The number of likely N-dealkylation sites (N-methyl/N-ethyl adjacent to an activating group) is 1. The first-order valence-corrected chi connectivity index (χ1v) is 6.40. The fraction of sp³-hybridized carbons (Fsp3) is 0.538. The molecule has 19 heavy (non-hydrogen) atoms. The summed E-state index contributed by atoms with van der Waals surface area (Å²) in [6.07, 6.45) is -4.16. The summed E-state index contributed by atoms with van der Waals surface area (Å²) in [4.78, 5) is 1.98. The SMILES string of the molecule is CC(c1cccc(Cl)c1)N(C)CCNCC(F)(F)F. The molecule has 0 saturated heterocycles. The second-order valence-corrected chi connectivity index (χ2v) is 4.94. The fourth-order valence-corrected chi connectivity index (χ4v) is 1.90. The van der Waals surface area contributed by atoms with Crippen molar-refractivity contribution in [3.63, 3.8) is 0 Å². The molecule has 0 spiro atoms. The van der Waals surface area contributed by atoms with Crippen LogP contribution in [-0.4, -0.2) is 37.8 Å². The van der Waals surface area contributed by atoms with Crippen molar-refractivity contribution < 1.29 is 13.2 Å². The molecule has 0 aliphatic heterocycles. The van der Waals surface area contributed by atoms with Crippen LogP contribution in [0.1, 0.15) is 18.5 Å². The van der Waals surface area contributed by atoms with E-state index in [0.717, 1.165) is 5.56 Å². The number of halogens is 4. The Hall–Kier alpha value is -0.780. The Labute approximate surface area is 116 Å². The van der Waals surface area contributed by atoms with E-state index in [4.69, 9.17) is 11.6 Å². The van der Waals surface area contributed by atoms with E-state index in [0.29, 0.717) is 18.1 Å². The fourth-order valence-electron chi connectivity index (χ4n) is 1.70. The molecule has 108 valence electrons. The van der Waals surface area contributed by atoms with Gasteiger partial charge in [0.15, 0.2) is 0 Å². The second kappa shape index (κ2) is 7.12. The maximum Gasteiger partial charge on any atom is 0.401 e. The van der Waals surface area contributed by atoms with E-state index in [9.17, 15) is 13.2 Å². The molecule has 1 aromatic carbocycles. The van der Waals surface area contributed by atoms with E-state index in [1.54, 1.807) is 6.07 Å². The van der Waals surface area contributed by atoms with Gasteiger partial charge in [0.1, 0.15) is 0 Å². The van der Waals surface area contributed by atoms with Gasteiger partial charge in [-0.05, 0) is 31.7 Å². The van der Waals surface area contributed by atoms with Crippen molar-refractivity contribution >= 4 is 11.6 Å². The molecule has 1 aromatic rings. The summed E-state index contributed by atoms with van der Waals surface area (Å²) in [6.45, 7) is 1.87. The molecule has 0 radical (unpaired) electrons. The van der Waals surface area contributed by atoms with Crippen LogP contribution in [0.15, 0.2) is 24.3 Å². The lowest BCUT2D eigenvalue weighted by Gasteiger charge is -2.25. The van der Waals surface area contributed by atoms with E-state index >= 15 is 0 Å². The van der Waals surface area contributed by atoms with Gasteiger partial charge in [0.25, 0.3) is 0 Å². The van der Waals surface area contributed by atoms with Crippen LogP contribution in [0, 0.1) is 0 Å². The minimum atomic E-state index is -4.16. The zero-order valence-electron chi connectivity index (χ0n) is 11.0. The molecule has 1 N–H and O–H groups in total. The molecule has 1 unspecified atom stereocenters. The molecule has 0 bridgehead atoms. The third kappa shape index (κ3) is 6.27. The lowest BCUT2D eigenvalue weighted by Crippen LogP contribution is -2.35. The summed E-state index contributed by atoms with van der Waals surface area (Å²) in [5, 5.41) is 3.04. The number of nitrogens with one attached hydrogen (secondary N) is 1. The predicted octanol–water partition coefficient (Wildman–Crippen LogP) is 3.48. The van der Waals surface area contributed by atoms with Crippen LogP contribution in [0.4, 0.5) is 13.2 Å². The van der Waals surface area contributed by atoms with Crippen LogP contribution in [0.2, 0.25) is 5.02 Å². The van der Waals surface area contributed by atoms with Crippen molar-refractivity contribution in [3.8, 4) is 0 Å². The first kappa shape index (κ1) is 16.3. The standard InChI is InChI=1S/C13H18ClF3N2/c1-10(11-4-3-5-12(14)8-11)19(2)7-6-18-9-13(15,16)17/h3-5,8,10,18H,6-7,9H2,1-2H3. The molecule has 0 heterocycles. The van der Waals surface area contributed by atoms with Crippen molar-refractivity contribution in [2.75, 3.05) is 26.7 Å². The van der Waals surface area contributed by atoms with Crippen molar-refractivity contribution in [1.82, 2.24) is 10.2 Å². The molecule has 1 rings (SSSR count). The van der Waals surface area contributed by atoms with Gasteiger partial charge in [0.2, 0.25) is 0 Å². The summed E-state index contributed by atoms with van der Waals surface area (Å²) >= 11 is 5.91. The first-order chi connectivity index (χ1) is 8.79. The third-order valence-corrected chi connectivity index (χ3v) is 3.19. The van der Waals surface area contributed by atoms with Crippen LogP contribution >= 0.6 is 11.6 Å². The van der Waals surface area contributed by atoms with Gasteiger partial charge in [-0.2, -0.15) is 13.2 Å². The summed E-state index contributed by atoms with van der Waals surface area (Å²) in [5.41, 5.74) is 1.05. The van der Waals surface area contributed by atoms with Gasteiger partial charge >= 0.3 is 6.18 Å². The van der Waals surface area contributed by atoms with Crippen LogP contribution in [-0.2, 0) is 0 Å². The number of hydrogen-bond acceptors (Lipinski definition) is 2. The summed E-state index contributed by atoms with van der Waals surface area (Å²) in [6, 6.07) is 7.58. The lowest BCUT2D eigenvalue weighted by molar-refractivity contribution is -0.124. The van der Waals surface area contributed by atoms with Gasteiger partial charge in [-0.25, -0.2) is 0 Å². The van der Waals surface area contributed by atoms with Gasteiger partial charge in [-0.3, -0.25) is 4.90 Å². The zero-order chi connectivity index (χ0) is 14.5. The maximum absolute atomic E-state index is 12.0. The second-order valence-electron chi connectivity index (χ2n) is 4.50. The van der Waals surface area contributed by atoms with Crippen LogP contribution in [0.25, 0.3) is 0 Å². The van der Waals surface area contributed by atoms with Crippen molar-refractivity contribution in [3.05, 3.63) is 34.9 Å². The molecule has 0 aliphatic carbocycles. The number of rotatable bonds is 6. The van der Waals surface area contributed by atoms with Gasteiger partial charge in [-0.15, -0.1) is 0 Å². The molecule has 0 aromatic heterocycles. The number of hydrogen-bond donors (Lipinski definition) is 1. The third-order valence-electron chi connectivity index (χ3n) is 2.96. The summed E-state index contributed by atoms with van der Waals surface area (Å²) < 4.78 is 35.9. The molecule has 2 nitrogen and oxygen atoms in total. The molecular formula is C13H18ClF3N2. The largest absolute Gasteiger partial charge is 0.401 e. The van der Waals surface area contributed by atoms with E-state index in [1.807, 2.05) is 37.1 Å². The highest BCUT2D eigenvalue weighted by Gasteiger charge is 2.26. The minimum Gasteiger partial charge on any atom is -0.307 e. The van der Waals surface area contributed by atoms with Gasteiger partial charge in [0, 0.05) is 24.2 Å². The Kier molecular flexibility index (Phi) is 6.10. The quantitative estimate of drug-likeness (QED) is 0.808. The van der Waals surface area contributed by atoms with Gasteiger partial charge < -0.3 is 5.32 Å². The zero-order valence-corrected chi connectivity index (χ0v) is 11.7. The Bertz CT molecular complexity index is 396. The summed E-state index contributed by atoms with van der Waals surface area (Å²) in [7, 11) is 1.88. The smallest absolute Gasteiger partial charge is 0.307 e. The minimum absolute atomic E-state index is 0.103.